The molecule has 4 heterocycles. The molecule has 3 fully saturated rings. The lowest BCUT2D eigenvalue weighted by atomic mass is 9.76. The number of hydrogen-bond acceptors (Lipinski definition) is 5. The quantitative estimate of drug-likeness (QED) is 0.809. The Morgan fingerprint density at radius 2 is 2.00 bits per heavy atom. The van der Waals surface area contributed by atoms with Gasteiger partial charge < -0.3 is 9.64 Å². The number of amides is 1. The number of morpholine rings is 1. The van der Waals surface area contributed by atoms with E-state index < -0.39 is 0 Å². The van der Waals surface area contributed by atoms with Crippen molar-refractivity contribution in [3.8, 4) is 0 Å². The SMILES string of the molecule is Cc1ccsc1CN1CCC2(CC1)CC(C(=O)N1CCOCC1)N(C)C2. The van der Waals surface area contributed by atoms with Gasteiger partial charge in [-0.3, -0.25) is 14.6 Å². The van der Waals surface area contributed by atoms with Crippen LogP contribution in [0.25, 0.3) is 0 Å². The van der Waals surface area contributed by atoms with E-state index in [-0.39, 0.29) is 6.04 Å². The number of carbonyl (C=O) groups is 1. The van der Waals surface area contributed by atoms with E-state index in [9.17, 15) is 4.79 Å². The highest BCUT2D eigenvalue weighted by molar-refractivity contribution is 7.10. The van der Waals surface area contributed by atoms with Gasteiger partial charge in [0, 0.05) is 31.1 Å². The molecule has 4 rings (SSSR count). The maximum absolute atomic E-state index is 13.0. The largest absolute Gasteiger partial charge is 0.378 e. The Labute approximate surface area is 160 Å². The molecule has 0 aromatic carbocycles. The Hall–Kier alpha value is -0.950. The maximum Gasteiger partial charge on any atom is 0.240 e. The second-order valence-electron chi connectivity index (χ2n) is 8.38. The van der Waals surface area contributed by atoms with Crippen molar-refractivity contribution in [2.24, 2.45) is 5.41 Å². The normalized spacial score (nSPS) is 27.3. The number of aryl methyl sites for hydroxylation is 1. The second-order valence-corrected chi connectivity index (χ2v) is 9.38. The molecule has 3 saturated heterocycles. The molecule has 3 aliphatic rings. The average Bonchev–Trinajstić information content (AvgIpc) is 3.20. The van der Waals surface area contributed by atoms with Crippen LogP contribution in [0.5, 0.6) is 0 Å². The van der Waals surface area contributed by atoms with Crippen LogP contribution in [0.1, 0.15) is 29.7 Å². The summed E-state index contributed by atoms with van der Waals surface area (Å²) in [5.41, 5.74) is 1.76. The molecule has 1 aromatic rings. The highest BCUT2D eigenvalue weighted by Crippen LogP contribution is 2.43. The number of ether oxygens (including phenoxy) is 1. The van der Waals surface area contributed by atoms with Crippen LogP contribution < -0.4 is 0 Å². The predicted octanol–water partition coefficient (Wildman–Crippen LogP) is 2.20. The van der Waals surface area contributed by atoms with Crippen LogP contribution in [0.2, 0.25) is 0 Å². The summed E-state index contributed by atoms with van der Waals surface area (Å²) < 4.78 is 5.40. The molecule has 0 radical (unpaired) electrons. The van der Waals surface area contributed by atoms with Crippen molar-refractivity contribution in [2.75, 3.05) is 53.0 Å². The Bertz CT molecular complexity index is 633. The van der Waals surface area contributed by atoms with Gasteiger partial charge in [-0.1, -0.05) is 0 Å². The Morgan fingerprint density at radius 3 is 2.65 bits per heavy atom. The minimum Gasteiger partial charge on any atom is -0.378 e. The molecule has 1 unspecified atom stereocenters. The third-order valence-corrected chi connectivity index (χ3v) is 7.61. The lowest BCUT2D eigenvalue weighted by Crippen LogP contribution is -2.48. The molecule has 3 aliphatic heterocycles. The number of hydrogen-bond donors (Lipinski definition) is 0. The standard InChI is InChI=1S/C20H31N3O2S/c1-16-3-12-26-18(16)14-22-6-4-20(5-7-22)13-17(21(2)15-20)19(24)23-8-10-25-11-9-23/h3,12,17H,4-11,13-15H2,1-2H3. The zero-order chi connectivity index (χ0) is 18.1. The van der Waals surface area contributed by atoms with E-state index in [2.05, 4.69) is 35.2 Å². The van der Waals surface area contributed by atoms with Crippen molar-refractivity contribution in [3.63, 3.8) is 0 Å². The number of thiophene rings is 1. The number of likely N-dealkylation sites (N-methyl/N-ethyl adjacent to an activating group) is 1. The minimum absolute atomic E-state index is 0.0687. The highest BCUT2D eigenvalue weighted by Gasteiger charge is 2.47. The van der Waals surface area contributed by atoms with Gasteiger partial charge in [-0.2, -0.15) is 0 Å². The molecule has 1 spiro atoms. The monoisotopic (exact) mass is 377 g/mol. The molecule has 144 valence electrons. The highest BCUT2D eigenvalue weighted by atomic mass is 32.1. The fourth-order valence-corrected chi connectivity index (χ4v) is 5.80. The van der Waals surface area contributed by atoms with Crippen molar-refractivity contribution in [1.82, 2.24) is 14.7 Å². The predicted molar refractivity (Wildman–Crippen MR) is 104 cm³/mol. The van der Waals surface area contributed by atoms with Crippen LogP contribution in [-0.2, 0) is 16.1 Å². The van der Waals surface area contributed by atoms with E-state index in [0.29, 0.717) is 24.5 Å². The number of piperidine rings is 1. The van der Waals surface area contributed by atoms with Gasteiger partial charge in [-0.05, 0) is 68.7 Å². The van der Waals surface area contributed by atoms with Crippen LogP contribution >= 0.6 is 11.3 Å². The van der Waals surface area contributed by atoms with E-state index in [1.54, 1.807) is 0 Å². The van der Waals surface area contributed by atoms with E-state index in [1.807, 2.05) is 16.2 Å². The lowest BCUT2D eigenvalue weighted by Gasteiger charge is -2.39. The topological polar surface area (TPSA) is 36.0 Å². The molecule has 5 nitrogen and oxygen atoms in total. The number of carbonyl (C=O) groups excluding carboxylic acids is 1. The molecule has 26 heavy (non-hydrogen) atoms. The molecule has 0 bridgehead atoms. The summed E-state index contributed by atoms with van der Waals surface area (Å²) in [6.45, 7) is 9.56. The van der Waals surface area contributed by atoms with Gasteiger partial charge in [0.25, 0.3) is 0 Å². The molecule has 1 aromatic heterocycles. The summed E-state index contributed by atoms with van der Waals surface area (Å²) >= 11 is 1.88. The van der Waals surface area contributed by atoms with E-state index in [1.165, 1.54) is 23.3 Å². The second kappa shape index (κ2) is 7.58. The van der Waals surface area contributed by atoms with Crippen molar-refractivity contribution >= 4 is 17.2 Å². The third kappa shape index (κ3) is 3.70. The first-order valence-electron chi connectivity index (χ1n) is 9.88. The van der Waals surface area contributed by atoms with Crippen molar-refractivity contribution < 1.29 is 9.53 Å². The fourth-order valence-electron chi connectivity index (χ4n) is 4.86. The van der Waals surface area contributed by atoms with Crippen LogP contribution in [0.15, 0.2) is 11.4 Å². The first-order chi connectivity index (χ1) is 12.6. The van der Waals surface area contributed by atoms with Crippen LogP contribution in [-0.4, -0.2) is 79.6 Å². The van der Waals surface area contributed by atoms with Gasteiger partial charge in [-0.15, -0.1) is 11.3 Å². The minimum atomic E-state index is 0.0687. The fraction of sp³-hybridized carbons (Fsp3) is 0.750. The van der Waals surface area contributed by atoms with Crippen molar-refractivity contribution in [3.05, 3.63) is 21.9 Å². The van der Waals surface area contributed by atoms with Crippen LogP contribution in [0, 0.1) is 12.3 Å². The Kier molecular flexibility index (Phi) is 5.37. The van der Waals surface area contributed by atoms with Gasteiger partial charge >= 0.3 is 0 Å². The molecule has 0 N–H and O–H groups in total. The smallest absolute Gasteiger partial charge is 0.240 e. The number of likely N-dealkylation sites (tertiary alicyclic amines) is 2. The van der Waals surface area contributed by atoms with E-state index in [4.69, 9.17) is 4.74 Å². The van der Waals surface area contributed by atoms with Gasteiger partial charge in [0.05, 0.1) is 19.3 Å². The average molecular weight is 378 g/mol. The van der Waals surface area contributed by atoms with Crippen LogP contribution in [0.3, 0.4) is 0 Å². The summed E-state index contributed by atoms with van der Waals surface area (Å²) in [6, 6.07) is 2.29. The summed E-state index contributed by atoms with van der Waals surface area (Å²) in [7, 11) is 2.14. The van der Waals surface area contributed by atoms with Gasteiger partial charge in [0.15, 0.2) is 0 Å². The first-order valence-corrected chi connectivity index (χ1v) is 10.8. The maximum atomic E-state index is 13.0. The van der Waals surface area contributed by atoms with E-state index in [0.717, 1.165) is 45.7 Å². The molecule has 6 heteroatoms. The molecule has 0 saturated carbocycles. The number of nitrogens with zero attached hydrogens (tertiary/aromatic N) is 3. The van der Waals surface area contributed by atoms with Crippen molar-refractivity contribution in [2.45, 2.75) is 38.8 Å². The summed E-state index contributed by atoms with van der Waals surface area (Å²) in [5.74, 6) is 0.323. The molecule has 1 atom stereocenters. The van der Waals surface area contributed by atoms with Gasteiger partial charge in [-0.25, -0.2) is 0 Å². The number of rotatable bonds is 3. The summed E-state index contributed by atoms with van der Waals surface area (Å²) in [6.07, 6.45) is 3.47. The summed E-state index contributed by atoms with van der Waals surface area (Å²) in [5, 5.41) is 2.20. The lowest BCUT2D eigenvalue weighted by molar-refractivity contribution is -0.139. The summed E-state index contributed by atoms with van der Waals surface area (Å²) in [4.78, 5) is 21.4. The third-order valence-electron chi connectivity index (χ3n) is 6.60. The molecular weight excluding hydrogens is 346 g/mol. The van der Waals surface area contributed by atoms with Crippen LogP contribution in [0.4, 0.5) is 0 Å². The van der Waals surface area contributed by atoms with Crippen molar-refractivity contribution in [1.29, 1.82) is 0 Å². The molecular formula is C20H31N3O2S. The first kappa shape index (κ1) is 18.4. The Morgan fingerprint density at radius 1 is 1.27 bits per heavy atom. The Balaban J connectivity index is 1.34. The zero-order valence-electron chi connectivity index (χ0n) is 16.1. The molecule has 0 aliphatic carbocycles. The van der Waals surface area contributed by atoms with Gasteiger partial charge in [0.1, 0.15) is 0 Å². The van der Waals surface area contributed by atoms with E-state index >= 15 is 0 Å². The molecule has 1 amide bonds. The van der Waals surface area contributed by atoms with Gasteiger partial charge in [0.2, 0.25) is 5.91 Å². The zero-order valence-corrected chi connectivity index (χ0v) is 16.9.